The van der Waals surface area contributed by atoms with Gasteiger partial charge in [-0.05, 0) is 37.7 Å². The van der Waals surface area contributed by atoms with Crippen molar-refractivity contribution in [2.24, 2.45) is 5.73 Å². The number of fused-ring (bicyclic) bond motifs is 1. The van der Waals surface area contributed by atoms with Crippen molar-refractivity contribution in [1.29, 1.82) is 0 Å². The molecule has 4 N–H and O–H groups in total. The lowest BCUT2D eigenvalue weighted by atomic mass is 9.97. The second-order valence-corrected chi connectivity index (χ2v) is 6.39. The zero-order chi connectivity index (χ0) is 14.6. The summed E-state index contributed by atoms with van der Waals surface area (Å²) in [5, 5.41) is 11.3. The fourth-order valence-corrected chi connectivity index (χ4v) is 2.97. The molecule has 2 rings (SSSR count). The number of thioether (sulfide) groups is 1. The first-order valence-corrected chi connectivity index (χ1v) is 7.70. The van der Waals surface area contributed by atoms with E-state index in [1.165, 1.54) is 5.39 Å². The second kappa shape index (κ2) is 6.33. The highest BCUT2D eigenvalue weighted by molar-refractivity contribution is 7.99. The van der Waals surface area contributed by atoms with Crippen LogP contribution in [0.25, 0.3) is 10.9 Å². The van der Waals surface area contributed by atoms with Crippen LogP contribution >= 0.6 is 11.8 Å². The number of hydrogen-bond donors (Lipinski definition) is 3. The van der Waals surface area contributed by atoms with Gasteiger partial charge in [0.2, 0.25) is 0 Å². The largest absolute Gasteiger partial charge is 0.480 e. The van der Waals surface area contributed by atoms with Gasteiger partial charge in [-0.1, -0.05) is 24.6 Å². The minimum Gasteiger partial charge on any atom is -0.480 e. The second-order valence-electron chi connectivity index (χ2n) is 5.25. The number of H-pyrrole nitrogens is 1. The molecule has 1 aromatic carbocycles. The van der Waals surface area contributed by atoms with Crippen LogP contribution in [0.2, 0.25) is 0 Å². The lowest BCUT2D eigenvalue weighted by molar-refractivity contribution is -0.142. The number of aliphatic carboxylic acids is 1. The summed E-state index contributed by atoms with van der Waals surface area (Å²) >= 11 is 1.76. The number of unbranched alkanes of at least 4 members (excludes halogenated alkanes) is 1. The normalized spacial score (nSPS) is 14.3. The Morgan fingerprint density at radius 1 is 1.40 bits per heavy atom. The quantitative estimate of drug-likeness (QED) is 0.541. The Hall–Kier alpha value is -1.46. The molecule has 0 aliphatic rings. The van der Waals surface area contributed by atoms with Crippen molar-refractivity contribution in [3.63, 3.8) is 0 Å². The summed E-state index contributed by atoms with van der Waals surface area (Å²) < 4.78 is 0. The smallest absolute Gasteiger partial charge is 0.323 e. The third-order valence-corrected chi connectivity index (χ3v) is 4.37. The molecule has 1 atom stereocenters. The minimum atomic E-state index is -1.11. The van der Waals surface area contributed by atoms with Crippen LogP contribution in [0.1, 0.15) is 26.2 Å². The van der Waals surface area contributed by atoms with Crippen molar-refractivity contribution in [1.82, 2.24) is 4.98 Å². The van der Waals surface area contributed by atoms with E-state index in [1.807, 2.05) is 12.1 Å². The molecule has 0 bridgehead atoms. The van der Waals surface area contributed by atoms with E-state index in [0.29, 0.717) is 6.42 Å². The summed E-state index contributed by atoms with van der Waals surface area (Å²) in [7, 11) is 0. The van der Waals surface area contributed by atoms with E-state index >= 15 is 0 Å². The van der Waals surface area contributed by atoms with Crippen LogP contribution in [0.15, 0.2) is 35.4 Å². The molecule has 4 nitrogen and oxygen atoms in total. The van der Waals surface area contributed by atoms with Gasteiger partial charge in [0.1, 0.15) is 5.54 Å². The van der Waals surface area contributed by atoms with Crippen LogP contribution < -0.4 is 5.73 Å². The maximum Gasteiger partial charge on any atom is 0.323 e. The number of para-hydroxylation sites is 1. The molecule has 1 aromatic heterocycles. The highest BCUT2D eigenvalue weighted by Crippen LogP contribution is 2.24. The predicted molar refractivity (Wildman–Crippen MR) is 83.1 cm³/mol. The SMILES string of the molecule is CC(N)(CCCCSc1cc2ccccc2[nH]1)C(=O)O. The lowest BCUT2D eigenvalue weighted by Crippen LogP contribution is -2.44. The third-order valence-electron chi connectivity index (χ3n) is 3.34. The van der Waals surface area contributed by atoms with Crippen molar-refractivity contribution in [2.45, 2.75) is 36.8 Å². The maximum atomic E-state index is 10.9. The van der Waals surface area contributed by atoms with Gasteiger partial charge in [-0.15, -0.1) is 11.8 Å². The number of carboxylic acids is 1. The van der Waals surface area contributed by atoms with Gasteiger partial charge >= 0.3 is 5.97 Å². The number of nitrogens with one attached hydrogen (secondary N) is 1. The molecular formula is C15H20N2O2S. The van der Waals surface area contributed by atoms with Gasteiger partial charge in [0.25, 0.3) is 0 Å². The number of carbonyl (C=O) groups is 1. The maximum absolute atomic E-state index is 10.9. The molecule has 1 heterocycles. The van der Waals surface area contributed by atoms with Gasteiger partial charge in [0.05, 0.1) is 5.03 Å². The Morgan fingerprint density at radius 2 is 2.15 bits per heavy atom. The van der Waals surface area contributed by atoms with Crippen molar-refractivity contribution in [2.75, 3.05) is 5.75 Å². The van der Waals surface area contributed by atoms with Crippen LogP contribution in [0.3, 0.4) is 0 Å². The number of hydrogen-bond acceptors (Lipinski definition) is 3. The Bertz CT molecular complexity index is 559. The molecule has 5 heteroatoms. The summed E-state index contributed by atoms with van der Waals surface area (Å²) in [4.78, 5) is 14.2. The van der Waals surface area contributed by atoms with Crippen molar-refractivity contribution >= 4 is 28.6 Å². The van der Waals surface area contributed by atoms with E-state index in [9.17, 15) is 4.79 Å². The first-order chi connectivity index (χ1) is 9.49. The lowest BCUT2D eigenvalue weighted by Gasteiger charge is -2.18. The van der Waals surface area contributed by atoms with Crippen LogP contribution in [-0.2, 0) is 4.79 Å². The standard InChI is InChI=1S/C15H20N2O2S/c1-15(16,14(18)19)8-4-5-9-20-13-10-11-6-2-3-7-12(11)17-13/h2-3,6-7,10,17H,4-5,8-9,16H2,1H3,(H,18,19). The topological polar surface area (TPSA) is 79.1 Å². The molecule has 0 aliphatic carbocycles. The number of benzene rings is 1. The Morgan fingerprint density at radius 3 is 2.85 bits per heavy atom. The van der Waals surface area contributed by atoms with Gasteiger partial charge in [-0.3, -0.25) is 4.79 Å². The molecule has 1 unspecified atom stereocenters. The summed E-state index contributed by atoms with van der Waals surface area (Å²) in [5.74, 6) is 0.0310. The fraction of sp³-hybridized carbons (Fsp3) is 0.400. The molecular weight excluding hydrogens is 272 g/mol. The van der Waals surface area contributed by atoms with E-state index in [4.69, 9.17) is 10.8 Å². The van der Waals surface area contributed by atoms with Crippen molar-refractivity contribution < 1.29 is 9.90 Å². The molecule has 0 saturated carbocycles. The van der Waals surface area contributed by atoms with E-state index in [1.54, 1.807) is 18.7 Å². The minimum absolute atomic E-state index is 0.510. The van der Waals surface area contributed by atoms with Crippen molar-refractivity contribution in [3.8, 4) is 0 Å². The van der Waals surface area contributed by atoms with Gasteiger partial charge in [0.15, 0.2) is 0 Å². The first-order valence-electron chi connectivity index (χ1n) is 6.72. The number of aromatic nitrogens is 1. The Kier molecular flexibility index (Phi) is 4.73. The van der Waals surface area contributed by atoms with Gasteiger partial charge < -0.3 is 15.8 Å². The average Bonchev–Trinajstić information content (AvgIpc) is 2.80. The number of carboxylic acid groups (broad SMARTS) is 1. The fourth-order valence-electron chi connectivity index (χ4n) is 2.01. The molecule has 0 spiro atoms. The van der Waals surface area contributed by atoms with Gasteiger partial charge in [-0.2, -0.15) is 0 Å². The zero-order valence-electron chi connectivity index (χ0n) is 11.6. The first kappa shape index (κ1) is 14.9. The third kappa shape index (κ3) is 3.77. The van der Waals surface area contributed by atoms with Gasteiger partial charge in [0, 0.05) is 10.9 Å². The monoisotopic (exact) mass is 292 g/mol. The summed E-state index contributed by atoms with van der Waals surface area (Å²) in [5.41, 5.74) is 5.73. The van der Waals surface area contributed by atoms with Crippen LogP contribution in [0.5, 0.6) is 0 Å². The molecule has 108 valence electrons. The summed E-state index contributed by atoms with van der Waals surface area (Å²) in [6, 6.07) is 10.3. The highest BCUT2D eigenvalue weighted by Gasteiger charge is 2.26. The predicted octanol–water partition coefficient (Wildman–Crippen LogP) is 3.23. The Labute approximate surface area is 122 Å². The average molecular weight is 292 g/mol. The molecule has 2 aromatic rings. The summed E-state index contributed by atoms with van der Waals surface area (Å²) in [6.45, 7) is 1.57. The number of aromatic amines is 1. The molecule has 0 fully saturated rings. The molecule has 0 aliphatic heterocycles. The molecule has 20 heavy (non-hydrogen) atoms. The summed E-state index contributed by atoms with van der Waals surface area (Å²) in [6.07, 6.45) is 2.29. The molecule has 0 saturated heterocycles. The van der Waals surface area contributed by atoms with E-state index < -0.39 is 11.5 Å². The number of rotatable bonds is 7. The number of nitrogens with two attached hydrogens (primary N) is 1. The van der Waals surface area contributed by atoms with Crippen molar-refractivity contribution in [3.05, 3.63) is 30.3 Å². The zero-order valence-corrected chi connectivity index (χ0v) is 12.4. The van der Waals surface area contributed by atoms with Gasteiger partial charge in [-0.25, -0.2) is 0 Å². The van der Waals surface area contributed by atoms with Crippen LogP contribution in [-0.4, -0.2) is 27.4 Å². The van der Waals surface area contributed by atoms with E-state index in [2.05, 4.69) is 23.2 Å². The molecule has 0 radical (unpaired) electrons. The van der Waals surface area contributed by atoms with E-state index in [0.717, 1.165) is 29.1 Å². The van der Waals surface area contributed by atoms with Crippen LogP contribution in [0.4, 0.5) is 0 Å². The van der Waals surface area contributed by atoms with E-state index in [-0.39, 0.29) is 0 Å². The molecule has 0 amide bonds. The van der Waals surface area contributed by atoms with Crippen LogP contribution in [0, 0.1) is 0 Å². The Balaban J connectivity index is 1.75. The highest BCUT2D eigenvalue weighted by atomic mass is 32.2.